The average molecular weight is 300 g/mol. The third-order valence-corrected chi connectivity index (χ3v) is 3.44. The van der Waals surface area contributed by atoms with Crippen molar-refractivity contribution in [2.45, 2.75) is 19.9 Å². The third-order valence-electron chi connectivity index (χ3n) is 3.10. The fourth-order valence-corrected chi connectivity index (χ4v) is 1.73. The lowest BCUT2D eigenvalue weighted by Gasteiger charge is -2.23. The summed E-state index contributed by atoms with van der Waals surface area (Å²) in [4.78, 5) is 14.1. The fraction of sp³-hybridized carbons (Fsp3) is 0.500. The Morgan fingerprint density at radius 2 is 2.25 bits per heavy atom. The highest BCUT2D eigenvalue weighted by molar-refractivity contribution is 6.33. The average Bonchev–Trinajstić information content (AvgIpc) is 2.42. The number of carbonyl (C=O) groups excluding carboxylic acids is 1. The van der Waals surface area contributed by atoms with E-state index < -0.39 is 0 Å². The molecule has 20 heavy (non-hydrogen) atoms. The number of amides is 1. The molecule has 1 rings (SSSR count). The number of hydrogen-bond donors (Lipinski definition) is 2. The first-order chi connectivity index (χ1) is 9.45. The van der Waals surface area contributed by atoms with Crippen LogP contribution in [0.25, 0.3) is 0 Å². The van der Waals surface area contributed by atoms with Crippen molar-refractivity contribution >= 4 is 28.9 Å². The smallest absolute Gasteiger partial charge is 0.241 e. The van der Waals surface area contributed by atoms with Gasteiger partial charge in [0, 0.05) is 18.8 Å². The van der Waals surface area contributed by atoms with Gasteiger partial charge in [-0.15, -0.1) is 0 Å². The molecule has 112 valence electrons. The van der Waals surface area contributed by atoms with Gasteiger partial charge in [0.2, 0.25) is 5.91 Å². The van der Waals surface area contributed by atoms with Crippen LogP contribution in [0.4, 0.5) is 11.4 Å². The summed E-state index contributed by atoms with van der Waals surface area (Å²) in [5.41, 5.74) is 6.79. The van der Waals surface area contributed by atoms with E-state index in [4.69, 9.17) is 22.1 Å². The molecule has 0 heterocycles. The van der Waals surface area contributed by atoms with Crippen LogP contribution in [0.1, 0.15) is 13.8 Å². The van der Waals surface area contributed by atoms with E-state index in [1.807, 2.05) is 25.8 Å². The van der Waals surface area contributed by atoms with Gasteiger partial charge in [0.15, 0.2) is 0 Å². The molecular weight excluding hydrogens is 278 g/mol. The van der Waals surface area contributed by atoms with Crippen LogP contribution in [0.5, 0.6) is 0 Å². The maximum atomic E-state index is 12.1. The molecule has 1 amide bonds. The van der Waals surface area contributed by atoms with Crippen molar-refractivity contribution in [1.29, 1.82) is 0 Å². The summed E-state index contributed by atoms with van der Waals surface area (Å²) >= 11 is 5.84. The van der Waals surface area contributed by atoms with E-state index in [-0.39, 0.29) is 11.9 Å². The molecule has 0 aliphatic rings. The lowest BCUT2D eigenvalue weighted by molar-refractivity contribution is -0.120. The Morgan fingerprint density at radius 3 is 2.85 bits per heavy atom. The predicted molar refractivity (Wildman–Crippen MR) is 83.1 cm³/mol. The Labute approximate surface area is 125 Å². The van der Waals surface area contributed by atoms with Crippen LogP contribution < -0.4 is 11.1 Å². The quantitative estimate of drug-likeness (QED) is 0.598. The van der Waals surface area contributed by atoms with Crippen molar-refractivity contribution in [2.24, 2.45) is 0 Å². The second-order valence-corrected chi connectivity index (χ2v) is 4.99. The first kappa shape index (κ1) is 16.8. The Morgan fingerprint density at radius 1 is 1.55 bits per heavy atom. The molecule has 3 N–H and O–H groups in total. The summed E-state index contributed by atoms with van der Waals surface area (Å²) in [6.45, 7) is 5.78. The van der Waals surface area contributed by atoms with Gasteiger partial charge in [-0.05, 0) is 39.1 Å². The van der Waals surface area contributed by atoms with Crippen LogP contribution in [0, 0.1) is 0 Å². The molecule has 0 aliphatic carbocycles. The van der Waals surface area contributed by atoms with E-state index in [0.29, 0.717) is 36.2 Å². The number of nitrogen functional groups attached to an aromatic ring is 1. The van der Waals surface area contributed by atoms with E-state index >= 15 is 0 Å². The Kier molecular flexibility index (Phi) is 6.78. The van der Waals surface area contributed by atoms with Crippen LogP contribution in [-0.2, 0) is 9.53 Å². The van der Waals surface area contributed by atoms with Gasteiger partial charge >= 0.3 is 0 Å². The molecule has 0 saturated heterocycles. The largest absolute Gasteiger partial charge is 0.397 e. The second kappa shape index (κ2) is 8.09. The maximum Gasteiger partial charge on any atom is 0.241 e. The minimum atomic E-state index is -0.257. The Hall–Kier alpha value is -1.30. The molecule has 5 nitrogen and oxygen atoms in total. The van der Waals surface area contributed by atoms with Crippen molar-refractivity contribution in [3.05, 3.63) is 23.2 Å². The van der Waals surface area contributed by atoms with Crippen LogP contribution >= 0.6 is 11.6 Å². The van der Waals surface area contributed by atoms with Crippen molar-refractivity contribution in [3.8, 4) is 0 Å². The minimum Gasteiger partial charge on any atom is -0.397 e. The zero-order chi connectivity index (χ0) is 15.1. The van der Waals surface area contributed by atoms with Crippen molar-refractivity contribution < 1.29 is 9.53 Å². The van der Waals surface area contributed by atoms with Crippen LogP contribution in [0.15, 0.2) is 18.2 Å². The number of ether oxygens (including phenoxy) is 1. The highest BCUT2D eigenvalue weighted by Gasteiger charge is 2.17. The van der Waals surface area contributed by atoms with E-state index in [2.05, 4.69) is 5.32 Å². The van der Waals surface area contributed by atoms with E-state index in [1.165, 1.54) is 0 Å². The van der Waals surface area contributed by atoms with Gasteiger partial charge < -0.3 is 15.8 Å². The first-order valence-electron chi connectivity index (χ1n) is 6.59. The summed E-state index contributed by atoms with van der Waals surface area (Å²) in [7, 11) is 1.89. The number of nitrogens with two attached hydrogens (primary N) is 1. The molecule has 0 saturated carbocycles. The summed E-state index contributed by atoms with van der Waals surface area (Å²) in [5, 5.41) is 3.30. The van der Waals surface area contributed by atoms with Gasteiger partial charge in [-0.3, -0.25) is 9.69 Å². The highest BCUT2D eigenvalue weighted by Crippen LogP contribution is 2.22. The first-order valence-corrected chi connectivity index (χ1v) is 6.97. The number of carbonyl (C=O) groups is 1. The molecule has 0 aliphatic heterocycles. The molecule has 1 aromatic rings. The van der Waals surface area contributed by atoms with Crippen LogP contribution in [0.2, 0.25) is 5.02 Å². The Balaban J connectivity index is 2.54. The molecule has 0 radical (unpaired) electrons. The van der Waals surface area contributed by atoms with Gasteiger partial charge in [0.05, 0.1) is 23.4 Å². The molecule has 1 aromatic carbocycles. The number of anilines is 2. The number of nitrogens with one attached hydrogen (secondary N) is 1. The monoisotopic (exact) mass is 299 g/mol. The lowest BCUT2D eigenvalue weighted by atomic mass is 10.2. The van der Waals surface area contributed by atoms with Gasteiger partial charge in [0.1, 0.15) is 0 Å². The maximum absolute atomic E-state index is 12.1. The topological polar surface area (TPSA) is 67.6 Å². The van der Waals surface area contributed by atoms with Gasteiger partial charge in [-0.25, -0.2) is 0 Å². The van der Waals surface area contributed by atoms with E-state index in [0.717, 1.165) is 0 Å². The molecule has 0 fully saturated rings. The number of rotatable bonds is 7. The summed E-state index contributed by atoms with van der Waals surface area (Å²) in [6, 6.07) is 4.78. The van der Waals surface area contributed by atoms with Crippen molar-refractivity contribution in [3.63, 3.8) is 0 Å². The summed E-state index contributed by atoms with van der Waals surface area (Å²) in [6.07, 6.45) is 0. The highest BCUT2D eigenvalue weighted by atomic mass is 35.5. The normalized spacial score (nSPS) is 12.4. The SMILES string of the molecule is CCOCCN(C)C(C)C(=O)Nc1ccc(Cl)c(N)c1. The van der Waals surface area contributed by atoms with E-state index in [1.54, 1.807) is 18.2 Å². The lowest BCUT2D eigenvalue weighted by Crippen LogP contribution is -2.41. The van der Waals surface area contributed by atoms with Crippen molar-refractivity contribution in [2.75, 3.05) is 37.9 Å². The van der Waals surface area contributed by atoms with Gasteiger partial charge in [0.25, 0.3) is 0 Å². The predicted octanol–water partition coefficient (Wildman–Crippen LogP) is 2.22. The molecule has 6 heteroatoms. The minimum absolute atomic E-state index is 0.0919. The number of likely N-dealkylation sites (N-methyl/N-ethyl adjacent to an activating group) is 1. The zero-order valence-corrected chi connectivity index (χ0v) is 12.9. The van der Waals surface area contributed by atoms with E-state index in [9.17, 15) is 4.79 Å². The number of benzene rings is 1. The molecule has 0 aromatic heterocycles. The number of hydrogen-bond acceptors (Lipinski definition) is 4. The zero-order valence-electron chi connectivity index (χ0n) is 12.1. The number of halogens is 1. The standard InChI is InChI=1S/C14H22ClN3O2/c1-4-20-8-7-18(3)10(2)14(19)17-11-5-6-12(15)13(16)9-11/h5-6,9-10H,4,7-8,16H2,1-3H3,(H,17,19). The molecule has 0 bridgehead atoms. The third kappa shape index (κ3) is 5.00. The van der Waals surface area contributed by atoms with Gasteiger partial charge in [-0.1, -0.05) is 11.6 Å². The fourth-order valence-electron chi connectivity index (χ4n) is 1.61. The second-order valence-electron chi connectivity index (χ2n) is 4.58. The number of nitrogens with zero attached hydrogens (tertiary/aromatic N) is 1. The van der Waals surface area contributed by atoms with Crippen LogP contribution in [-0.4, -0.2) is 43.7 Å². The van der Waals surface area contributed by atoms with Gasteiger partial charge in [-0.2, -0.15) is 0 Å². The summed E-state index contributed by atoms with van der Waals surface area (Å²) < 4.78 is 5.28. The molecular formula is C14H22ClN3O2. The Bertz CT molecular complexity index is 454. The molecule has 0 spiro atoms. The van der Waals surface area contributed by atoms with Crippen LogP contribution in [0.3, 0.4) is 0 Å². The van der Waals surface area contributed by atoms with Crippen molar-refractivity contribution in [1.82, 2.24) is 4.90 Å². The summed E-state index contributed by atoms with van der Waals surface area (Å²) in [5.74, 6) is -0.0919. The molecule has 1 atom stereocenters. The molecule has 1 unspecified atom stereocenters.